The van der Waals surface area contributed by atoms with Crippen LogP contribution in [0.4, 0.5) is 0 Å². The average molecular weight is 218 g/mol. The Labute approximate surface area is 93.2 Å². The lowest BCUT2D eigenvalue weighted by atomic mass is 10.0. The number of ether oxygens (including phenoxy) is 1. The van der Waals surface area contributed by atoms with Gasteiger partial charge in [-0.05, 0) is 25.0 Å². The first-order valence-electron chi connectivity index (χ1n) is 5.51. The lowest BCUT2D eigenvalue weighted by Crippen LogP contribution is -2.31. The summed E-state index contributed by atoms with van der Waals surface area (Å²) in [6, 6.07) is 6.04. The van der Waals surface area contributed by atoms with E-state index in [2.05, 4.69) is 10.2 Å². The van der Waals surface area contributed by atoms with Gasteiger partial charge in [-0.25, -0.2) is 0 Å². The highest BCUT2D eigenvalue weighted by molar-refractivity contribution is 5.37. The summed E-state index contributed by atoms with van der Waals surface area (Å²) in [5, 5.41) is 8.30. The molecule has 3 heterocycles. The predicted octanol–water partition coefficient (Wildman–Crippen LogP) is 0.908. The first-order valence-corrected chi connectivity index (χ1v) is 5.51. The van der Waals surface area contributed by atoms with Crippen LogP contribution in [-0.2, 0) is 4.74 Å². The van der Waals surface area contributed by atoms with Crippen molar-refractivity contribution in [3.05, 3.63) is 30.2 Å². The molecule has 1 fully saturated rings. The van der Waals surface area contributed by atoms with Crippen LogP contribution in [-0.4, -0.2) is 27.2 Å². The largest absolute Gasteiger partial charge is 0.370 e. The second-order valence-electron chi connectivity index (χ2n) is 4.13. The van der Waals surface area contributed by atoms with E-state index in [1.165, 1.54) is 0 Å². The van der Waals surface area contributed by atoms with Gasteiger partial charge in [-0.15, -0.1) is 10.2 Å². The van der Waals surface area contributed by atoms with Crippen LogP contribution in [0.15, 0.2) is 24.4 Å². The highest BCUT2D eigenvalue weighted by Crippen LogP contribution is 2.26. The van der Waals surface area contributed by atoms with E-state index in [1.54, 1.807) is 0 Å². The fourth-order valence-electron chi connectivity index (χ4n) is 2.08. The molecule has 2 aromatic heterocycles. The molecule has 2 unspecified atom stereocenters. The van der Waals surface area contributed by atoms with Gasteiger partial charge in [0, 0.05) is 18.8 Å². The number of hydrogen-bond acceptors (Lipinski definition) is 4. The van der Waals surface area contributed by atoms with E-state index in [9.17, 15) is 0 Å². The molecule has 5 nitrogen and oxygen atoms in total. The Balaban J connectivity index is 1.99. The van der Waals surface area contributed by atoms with Gasteiger partial charge in [0.25, 0.3) is 0 Å². The van der Waals surface area contributed by atoms with E-state index in [0.29, 0.717) is 6.61 Å². The topological polar surface area (TPSA) is 65.4 Å². The van der Waals surface area contributed by atoms with Crippen molar-refractivity contribution >= 4 is 5.65 Å². The lowest BCUT2D eigenvalue weighted by molar-refractivity contribution is 0.000792. The number of pyridine rings is 1. The van der Waals surface area contributed by atoms with E-state index < -0.39 is 0 Å². The normalized spacial score (nSPS) is 26.1. The van der Waals surface area contributed by atoms with Crippen LogP contribution in [0.3, 0.4) is 0 Å². The fraction of sp³-hybridized carbons (Fsp3) is 0.455. The van der Waals surface area contributed by atoms with Crippen molar-refractivity contribution in [1.82, 2.24) is 14.6 Å². The summed E-state index contributed by atoms with van der Waals surface area (Å²) in [5.74, 6) is 0.853. The van der Waals surface area contributed by atoms with Crippen molar-refractivity contribution in [1.29, 1.82) is 0 Å². The van der Waals surface area contributed by atoms with Gasteiger partial charge >= 0.3 is 0 Å². The summed E-state index contributed by atoms with van der Waals surface area (Å²) < 4.78 is 7.66. The van der Waals surface area contributed by atoms with Crippen molar-refractivity contribution in [3.8, 4) is 0 Å². The molecule has 84 valence electrons. The summed E-state index contributed by atoms with van der Waals surface area (Å²) in [6.45, 7) is 0.702. The average Bonchev–Trinajstić information content (AvgIpc) is 2.72. The minimum atomic E-state index is -0.0267. The minimum absolute atomic E-state index is 0.0267. The first kappa shape index (κ1) is 9.74. The molecular formula is C11H14N4O. The molecule has 0 aromatic carbocycles. The van der Waals surface area contributed by atoms with Crippen molar-refractivity contribution in [2.24, 2.45) is 5.73 Å². The molecule has 1 saturated heterocycles. The van der Waals surface area contributed by atoms with Crippen molar-refractivity contribution in [2.45, 2.75) is 25.0 Å². The second kappa shape index (κ2) is 3.84. The van der Waals surface area contributed by atoms with E-state index in [0.717, 1.165) is 24.3 Å². The van der Waals surface area contributed by atoms with Crippen molar-refractivity contribution < 1.29 is 4.74 Å². The number of hydrogen-bond donors (Lipinski definition) is 1. The molecule has 2 atom stereocenters. The van der Waals surface area contributed by atoms with Crippen LogP contribution >= 0.6 is 0 Å². The lowest BCUT2D eigenvalue weighted by Gasteiger charge is -2.25. The zero-order valence-electron chi connectivity index (χ0n) is 8.91. The zero-order valence-corrected chi connectivity index (χ0v) is 8.91. The van der Waals surface area contributed by atoms with Gasteiger partial charge < -0.3 is 10.5 Å². The Morgan fingerprint density at radius 3 is 3.19 bits per heavy atom. The third-order valence-corrected chi connectivity index (χ3v) is 2.95. The third-order valence-electron chi connectivity index (χ3n) is 2.95. The molecule has 0 radical (unpaired) electrons. The highest BCUT2D eigenvalue weighted by Gasteiger charge is 2.25. The predicted molar refractivity (Wildman–Crippen MR) is 58.9 cm³/mol. The molecule has 16 heavy (non-hydrogen) atoms. The van der Waals surface area contributed by atoms with Gasteiger partial charge in [0.2, 0.25) is 0 Å². The van der Waals surface area contributed by atoms with Crippen LogP contribution < -0.4 is 5.73 Å². The number of nitrogens with zero attached hydrogens (tertiary/aromatic N) is 3. The van der Waals surface area contributed by atoms with E-state index in [1.807, 2.05) is 28.8 Å². The Bertz CT molecular complexity index is 495. The third kappa shape index (κ3) is 1.58. The summed E-state index contributed by atoms with van der Waals surface area (Å²) in [7, 11) is 0. The summed E-state index contributed by atoms with van der Waals surface area (Å²) >= 11 is 0. The van der Waals surface area contributed by atoms with Crippen molar-refractivity contribution in [2.75, 3.05) is 6.61 Å². The molecular weight excluding hydrogens is 204 g/mol. The Morgan fingerprint density at radius 1 is 1.38 bits per heavy atom. The quantitative estimate of drug-likeness (QED) is 0.772. The minimum Gasteiger partial charge on any atom is -0.370 e. The highest BCUT2D eigenvalue weighted by atomic mass is 16.5. The molecule has 2 aromatic rings. The number of aromatic nitrogens is 3. The molecule has 1 aliphatic heterocycles. The van der Waals surface area contributed by atoms with Crippen LogP contribution in [0.2, 0.25) is 0 Å². The Hall–Kier alpha value is -1.46. The first-order chi connectivity index (χ1) is 7.84. The maximum absolute atomic E-state index is 5.94. The second-order valence-corrected chi connectivity index (χ2v) is 4.13. The maximum atomic E-state index is 5.94. The molecule has 0 saturated carbocycles. The van der Waals surface area contributed by atoms with Gasteiger partial charge in [-0.3, -0.25) is 4.40 Å². The molecule has 0 amide bonds. The summed E-state index contributed by atoms with van der Waals surface area (Å²) in [6.07, 6.45) is 3.66. The van der Waals surface area contributed by atoms with Gasteiger partial charge in [0.15, 0.2) is 11.5 Å². The Morgan fingerprint density at radius 2 is 2.31 bits per heavy atom. The van der Waals surface area contributed by atoms with Crippen LogP contribution in [0.1, 0.15) is 24.8 Å². The van der Waals surface area contributed by atoms with E-state index >= 15 is 0 Å². The standard InChI is InChI=1S/C11H14N4O/c12-8-4-6-16-9(7-8)11-14-13-10-3-1-2-5-15(10)11/h1-3,5,8-9H,4,6-7,12H2. The monoisotopic (exact) mass is 218 g/mol. The van der Waals surface area contributed by atoms with Crippen molar-refractivity contribution in [3.63, 3.8) is 0 Å². The molecule has 0 spiro atoms. The van der Waals surface area contributed by atoms with Gasteiger partial charge in [0.1, 0.15) is 6.10 Å². The number of rotatable bonds is 1. The zero-order chi connectivity index (χ0) is 11.0. The summed E-state index contributed by atoms with van der Waals surface area (Å²) in [4.78, 5) is 0. The van der Waals surface area contributed by atoms with E-state index in [4.69, 9.17) is 10.5 Å². The van der Waals surface area contributed by atoms with Gasteiger partial charge in [-0.2, -0.15) is 0 Å². The Kier molecular flexibility index (Phi) is 2.34. The number of nitrogens with two attached hydrogens (primary N) is 1. The van der Waals surface area contributed by atoms with Crippen LogP contribution in [0.25, 0.3) is 5.65 Å². The molecule has 0 bridgehead atoms. The molecule has 0 aliphatic carbocycles. The fourth-order valence-corrected chi connectivity index (χ4v) is 2.08. The summed E-state index contributed by atoms with van der Waals surface area (Å²) in [5.41, 5.74) is 6.79. The molecule has 3 rings (SSSR count). The van der Waals surface area contributed by atoms with Gasteiger partial charge in [0.05, 0.1) is 0 Å². The smallest absolute Gasteiger partial charge is 0.166 e. The molecule has 5 heteroatoms. The number of fused-ring (bicyclic) bond motifs is 1. The van der Waals surface area contributed by atoms with Crippen LogP contribution in [0.5, 0.6) is 0 Å². The molecule has 2 N–H and O–H groups in total. The van der Waals surface area contributed by atoms with Gasteiger partial charge in [-0.1, -0.05) is 6.07 Å². The van der Waals surface area contributed by atoms with Crippen LogP contribution in [0, 0.1) is 0 Å². The van der Waals surface area contributed by atoms with E-state index in [-0.39, 0.29) is 12.1 Å². The molecule has 1 aliphatic rings. The SMILES string of the molecule is NC1CCOC(c2nnc3ccccn23)C1. The maximum Gasteiger partial charge on any atom is 0.166 e.